The Hall–Kier alpha value is -1.60. The van der Waals surface area contributed by atoms with Gasteiger partial charge in [0.1, 0.15) is 0 Å². The number of pyridine rings is 1. The number of nitrogens with one attached hydrogen (secondary N) is 1. The second kappa shape index (κ2) is 6.44. The number of nitrogens with zero attached hydrogens (tertiary/aromatic N) is 1. The first kappa shape index (κ1) is 15.8. The van der Waals surface area contributed by atoms with Crippen molar-refractivity contribution in [1.82, 2.24) is 4.57 Å². The molecule has 0 saturated heterocycles. The molecule has 0 radical (unpaired) electrons. The molecule has 0 bridgehead atoms. The van der Waals surface area contributed by atoms with Crippen LogP contribution in [0, 0.1) is 0 Å². The van der Waals surface area contributed by atoms with E-state index in [1.54, 1.807) is 12.1 Å². The lowest BCUT2D eigenvalue weighted by Gasteiger charge is -2.10. The summed E-state index contributed by atoms with van der Waals surface area (Å²) in [6.45, 7) is 2.50. The first-order valence-corrected chi connectivity index (χ1v) is 8.69. The third-order valence-corrected chi connectivity index (χ3v) is 4.68. The minimum absolute atomic E-state index is 0.151. The number of rotatable bonds is 5. The Balaban J connectivity index is 2.33. The molecule has 0 atom stereocenters. The maximum Gasteiger partial charge on any atom is 0.261 e. The molecule has 7 heteroatoms. The first-order valence-electron chi connectivity index (χ1n) is 6.41. The fourth-order valence-electron chi connectivity index (χ4n) is 1.86. The summed E-state index contributed by atoms with van der Waals surface area (Å²) in [5.41, 5.74) is 0.213. The van der Waals surface area contributed by atoms with E-state index in [1.165, 1.54) is 35.0 Å². The van der Waals surface area contributed by atoms with Crippen molar-refractivity contribution in [3.63, 3.8) is 0 Å². The third kappa shape index (κ3) is 3.95. The van der Waals surface area contributed by atoms with Crippen molar-refractivity contribution in [3.8, 4) is 0 Å². The van der Waals surface area contributed by atoms with Crippen molar-refractivity contribution in [3.05, 3.63) is 57.4 Å². The van der Waals surface area contributed by atoms with Crippen LogP contribution in [-0.4, -0.2) is 13.0 Å². The summed E-state index contributed by atoms with van der Waals surface area (Å²) < 4.78 is 29.2. The van der Waals surface area contributed by atoms with E-state index in [9.17, 15) is 13.2 Å². The molecule has 1 aromatic carbocycles. The lowest BCUT2D eigenvalue weighted by Crippen LogP contribution is -2.20. The number of anilines is 1. The highest BCUT2D eigenvalue weighted by molar-refractivity contribution is 9.10. The quantitative estimate of drug-likeness (QED) is 0.879. The van der Waals surface area contributed by atoms with E-state index in [0.29, 0.717) is 16.7 Å². The molecule has 21 heavy (non-hydrogen) atoms. The average molecular weight is 371 g/mol. The van der Waals surface area contributed by atoms with Gasteiger partial charge in [-0.2, -0.15) is 0 Å². The fourth-order valence-corrected chi connectivity index (χ4v) is 3.50. The second-order valence-electron chi connectivity index (χ2n) is 4.51. The summed E-state index contributed by atoms with van der Waals surface area (Å²) in [5, 5.41) is 0. The van der Waals surface area contributed by atoms with Crippen LogP contribution in [0.25, 0.3) is 0 Å². The molecule has 0 saturated carbocycles. The lowest BCUT2D eigenvalue weighted by atomic mass is 10.4. The van der Waals surface area contributed by atoms with Gasteiger partial charge in [0.05, 0.1) is 10.6 Å². The van der Waals surface area contributed by atoms with Crippen LogP contribution in [-0.2, 0) is 16.6 Å². The van der Waals surface area contributed by atoms with E-state index in [4.69, 9.17) is 0 Å². The van der Waals surface area contributed by atoms with Gasteiger partial charge < -0.3 is 4.57 Å². The zero-order chi connectivity index (χ0) is 15.5. The zero-order valence-electron chi connectivity index (χ0n) is 11.4. The van der Waals surface area contributed by atoms with Crippen LogP contribution in [0.15, 0.2) is 56.8 Å². The van der Waals surface area contributed by atoms with Gasteiger partial charge in [0.25, 0.3) is 15.6 Å². The van der Waals surface area contributed by atoms with Crippen molar-refractivity contribution in [1.29, 1.82) is 0 Å². The van der Waals surface area contributed by atoms with E-state index in [2.05, 4.69) is 20.7 Å². The van der Waals surface area contributed by atoms with E-state index in [0.717, 1.165) is 6.42 Å². The first-order chi connectivity index (χ1) is 9.92. The highest BCUT2D eigenvalue weighted by Gasteiger charge is 2.14. The van der Waals surface area contributed by atoms with Crippen molar-refractivity contribution in [2.75, 3.05) is 4.72 Å². The minimum Gasteiger partial charge on any atom is -0.313 e. The van der Waals surface area contributed by atoms with Gasteiger partial charge in [0, 0.05) is 23.3 Å². The van der Waals surface area contributed by atoms with Crippen molar-refractivity contribution in [2.45, 2.75) is 24.8 Å². The molecule has 0 aliphatic heterocycles. The van der Waals surface area contributed by atoms with Crippen LogP contribution in [0.5, 0.6) is 0 Å². The maximum atomic E-state index is 12.3. The molecule has 2 aromatic rings. The zero-order valence-corrected chi connectivity index (χ0v) is 13.8. The van der Waals surface area contributed by atoms with Gasteiger partial charge >= 0.3 is 0 Å². The molecular weight excluding hydrogens is 356 g/mol. The maximum absolute atomic E-state index is 12.3. The SMILES string of the molecule is CCCn1cc(NS(=O)(=O)c2cccc(Br)c2)ccc1=O. The second-order valence-corrected chi connectivity index (χ2v) is 7.11. The predicted molar refractivity (Wildman–Crippen MR) is 85.9 cm³/mol. The molecule has 1 aromatic heterocycles. The Morgan fingerprint density at radius 1 is 1.24 bits per heavy atom. The molecule has 0 fully saturated rings. The lowest BCUT2D eigenvalue weighted by molar-refractivity contribution is 0.601. The van der Waals surface area contributed by atoms with Crippen LogP contribution < -0.4 is 10.3 Å². The molecule has 1 heterocycles. The van der Waals surface area contributed by atoms with E-state index in [-0.39, 0.29) is 10.5 Å². The Morgan fingerprint density at radius 3 is 2.67 bits per heavy atom. The topological polar surface area (TPSA) is 68.2 Å². The molecule has 0 amide bonds. The molecule has 1 N–H and O–H groups in total. The number of aryl methyl sites for hydroxylation is 1. The van der Waals surface area contributed by atoms with Gasteiger partial charge in [-0.15, -0.1) is 0 Å². The van der Waals surface area contributed by atoms with Gasteiger partial charge in [-0.25, -0.2) is 8.42 Å². The van der Waals surface area contributed by atoms with Crippen LogP contribution in [0.3, 0.4) is 0 Å². The molecule has 0 aliphatic rings. The number of benzene rings is 1. The summed E-state index contributed by atoms with van der Waals surface area (Å²) in [6.07, 6.45) is 2.31. The monoisotopic (exact) mass is 370 g/mol. The number of halogens is 1. The number of sulfonamides is 1. The Kier molecular flexibility index (Phi) is 4.84. The predicted octanol–water partition coefficient (Wildman–Crippen LogP) is 2.82. The largest absolute Gasteiger partial charge is 0.313 e. The highest BCUT2D eigenvalue weighted by atomic mass is 79.9. The standard InChI is InChI=1S/C14H15BrN2O3S/c1-2-8-17-10-12(6-7-14(17)18)16-21(19,20)13-5-3-4-11(15)9-13/h3-7,9-10,16H,2,8H2,1H3. The minimum atomic E-state index is -3.68. The van der Waals surface area contributed by atoms with Crippen LogP contribution >= 0.6 is 15.9 Å². The highest BCUT2D eigenvalue weighted by Crippen LogP contribution is 2.19. The summed E-state index contributed by atoms with van der Waals surface area (Å²) in [6, 6.07) is 9.25. The number of hydrogen-bond acceptors (Lipinski definition) is 3. The van der Waals surface area contributed by atoms with E-state index >= 15 is 0 Å². The molecule has 5 nitrogen and oxygen atoms in total. The van der Waals surface area contributed by atoms with E-state index < -0.39 is 10.0 Å². The summed E-state index contributed by atoms with van der Waals surface area (Å²) in [4.78, 5) is 11.8. The Morgan fingerprint density at radius 2 is 2.00 bits per heavy atom. The summed E-state index contributed by atoms with van der Waals surface area (Å²) >= 11 is 3.24. The number of aromatic nitrogens is 1. The number of hydrogen-bond donors (Lipinski definition) is 1. The fraction of sp³-hybridized carbons (Fsp3) is 0.214. The normalized spacial score (nSPS) is 11.3. The average Bonchev–Trinajstić information content (AvgIpc) is 2.42. The molecular formula is C14H15BrN2O3S. The third-order valence-electron chi connectivity index (χ3n) is 2.81. The van der Waals surface area contributed by atoms with E-state index in [1.807, 2.05) is 6.92 Å². The van der Waals surface area contributed by atoms with Crippen LogP contribution in [0.1, 0.15) is 13.3 Å². The van der Waals surface area contributed by atoms with Gasteiger partial charge in [0.2, 0.25) is 0 Å². The Labute approximate surface area is 131 Å². The van der Waals surface area contributed by atoms with Gasteiger partial charge in [0.15, 0.2) is 0 Å². The molecule has 0 aliphatic carbocycles. The molecule has 0 unspecified atom stereocenters. The van der Waals surface area contributed by atoms with Gasteiger partial charge in [-0.3, -0.25) is 9.52 Å². The smallest absolute Gasteiger partial charge is 0.261 e. The van der Waals surface area contributed by atoms with Crippen molar-refractivity contribution in [2.24, 2.45) is 0 Å². The molecule has 112 valence electrons. The van der Waals surface area contributed by atoms with Gasteiger partial charge in [-0.1, -0.05) is 28.9 Å². The van der Waals surface area contributed by atoms with Crippen molar-refractivity contribution < 1.29 is 8.42 Å². The van der Waals surface area contributed by atoms with Gasteiger partial charge in [-0.05, 0) is 30.7 Å². The summed E-state index contributed by atoms with van der Waals surface area (Å²) in [5.74, 6) is 0. The molecule has 2 rings (SSSR count). The Bertz CT molecular complexity index is 800. The van der Waals surface area contributed by atoms with Crippen LogP contribution in [0.2, 0.25) is 0 Å². The van der Waals surface area contributed by atoms with Crippen molar-refractivity contribution >= 4 is 31.6 Å². The van der Waals surface area contributed by atoms with Crippen LogP contribution in [0.4, 0.5) is 5.69 Å². The summed E-state index contributed by atoms with van der Waals surface area (Å²) in [7, 11) is -3.68. The molecule has 0 spiro atoms.